The van der Waals surface area contributed by atoms with E-state index in [0.29, 0.717) is 5.56 Å². The fraction of sp³-hybridized carbons (Fsp3) is 0.125. The summed E-state index contributed by atoms with van der Waals surface area (Å²) in [6.45, 7) is 0. The number of phenolic OH excluding ortho intramolecular Hbond substituents is 3. The van der Waals surface area contributed by atoms with E-state index in [1.165, 1.54) is 31.4 Å². The molecule has 118 valence electrons. The van der Waals surface area contributed by atoms with E-state index >= 15 is 0 Å². The number of hydrogen-bond donors (Lipinski definition) is 3. The Kier molecular flexibility index (Phi) is 3.33. The van der Waals surface area contributed by atoms with Crippen LogP contribution in [0.25, 0.3) is 0 Å². The highest BCUT2D eigenvalue weighted by Crippen LogP contribution is 2.47. The zero-order valence-electron chi connectivity index (χ0n) is 11.9. The predicted octanol–water partition coefficient (Wildman–Crippen LogP) is 1.70. The highest BCUT2D eigenvalue weighted by atomic mass is 16.5. The van der Waals surface area contributed by atoms with E-state index in [0.717, 1.165) is 6.07 Å². The lowest BCUT2D eigenvalue weighted by Crippen LogP contribution is -2.31. The summed E-state index contributed by atoms with van der Waals surface area (Å²) in [5.41, 5.74) is 0.0151. The zero-order chi connectivity index (χ0) is 16.7. The lowest BCUT2D eigenvalue weighted by Gasteiger charge is -2.25. The van der Waals surface area contributed by atoms with Gasteiger partial charge in [-0.3, -0.25) is 9.59 Å². The van der Waals surface area contributed by atoms with E-state index < -0.39 is 29.2 Å². The Bertz CT molecular complexity index is 808. The molecule has 1 heterocycles. The van der Waals surface area contributed by atoms with Crippen LogP contribution >= 0.6 is 0 Å². The predicted molar refractivity (Wildman–Crippen MR) is 77.1 cm³/mol. The van der Waals surface area contributed by atoms with E-state index in [1.807, 2.05) is 0 Å². The number of carbonyl (C=O) groups excluding carboxylic acids is 2. The molecule has 0 saturated heterocycles. The second-order valence-electron chi connectivity index (χ2n) is 4.93. The number of carbonyl (C=O) groups is 2. The van der Waals surface area contributed by atoms with Crippen LogP contribution in [0.4, 0.5) is 0 Å². The summed E-state index contributed by atoms with van der Waals surface area (Å²) < 4.78 is 10.3. The number of phenols is 3. The topological polar surface area (TPSA) is 113 Å². The van der Waals surface area contributed by atoms with Gasteiger partial charge in [-0.1, -0.05) is 12.1 Å². The first-order chi connectivity index (χ1) is 10.9. The van der Waals surface area contributed by atoms with Crippen molar-refractivity contribution < 1.29 is 34.4 Å². The van der Waals surface area contributed by atoms with Crippen molar-refractivity contribution in [3.63, 3.8) is 0 Å². The van der Waals surface area contributed by atoms with Crippen LogP contribution in [0.3, 0.4) is 0 Å². The van der Waals surface area contributed by atoms with Gasteiger partial charge in [0, 0.05) is 11.6 Å². The SMILES string of the molecule is COc1c(O)cc2c(c1O)C(=O)C(=O)C(c1ccc(O)cc1)O2. The van der Waals surface area contributed by atoms with Gasteiger partial charge >= 0.3 is 0 Å². The number of methoxy groups -OCH3 is 1. The fourth-order valence-electron chi connectivity index (χ4n) is 2.42. The highest BCUT2D eigenvalue weighted by Gasteiger charge is 2.40. The van der Waals surface area contributed by atoms with E-state index in [4.69, 9.17) is 9.47 Å². The van der Waals surface area contributed by atoms with Crippen molar-refractivity contribution in [3.05, 3.63) is 41.5 Å². The summed E-state index contributed by atoms with van der Waals surface area (Å²) in [4.78, 5) is 24.6. The minimum atomic E-state index is -1.22. The lowest BCUT2D eigenvalue weighted by molar-refractivity contribution is -0.122. The summed E-state index contributed by atoms with van der Waals surface area (Å²) in [6.07, 6.45) is -1.22. The molecule has 0 fully saturated rings. The molecule has 1 unspecified atom stereocenters. The molecule has 7 heteroatoms. The Morgan fingerprint density at radius 2 is 1.74 bits per heavy atom. The van der Waals surface area contributed by atoms with Gasteiger partial charge in [0.15, 0.2) is 17.6 Å². The maximum Gasteiger partial charge on any atom is 0.248 e. The first-order valence-electron chi connectivity index (χ1n) is 6.61. The van der Waals surface area contributed by atoms with Crippen LogP contribution in [0, 0.1) is 0 Å². The van der Waals surface area contributed by atoms with Crippen molar-refractivity contribution in [1.29, 1.82) is 0 Å². The molecule has 0 bridgehead atoms. The molecule has 7 nitrogen and oxygen atoms in total. The number of ether oxygens (including phenoxy) is 2. The van der Waals surface area contributed by atoms with Gasteiger partial charge in [-0.05, 0) is 12.1 Å². The minimum Gasteiger partial charge on any atom is -0.508 e. The highest BCUT2D eigenvalue weighted by molar-refractivity contribution is 6.47. The summed E-state index contributed by atoms with van der Waals surface area (Å²) in [6, 6.07) is 6.70. The van der Waals surface area contributed by atoms with Crippen LogP contribution in [-0.2, 0) is 4.79 Å². The molecule has 0 amide bonds. The Morgan fingerprint density at radius 1 is 1.09 bits per heavy atom. The normalized spacial score (nSPS) is 16.7. The van der Waals surface area contributed by atoms with Crippen molar-refractivity contribution in [2.75, 3.05) is 7.11 Å². The zero-order valence-corrected chi connectivity index (χ0v) is 11.9. The lowest BCUT2D eigenvalue weighted by atomic mass is 9.94. The van der Waals surface area contributed by atoms with Crippen LogP contribution in [-0.4, -0.2) is 34.0 Å². The third-order valence-electron chi connectivity index (χ3n) is 3.53. The van der Waals surface area contributed by atoms with Crippen molar-refractivity contribution in [3.8, 4) is 28.7 Å². The van der Waals surface area contributed by atoms with E-state index in [1.54, 1.807) is 0 Å². The number of hydrogen-bond acceptors (Lipinski definition) is 7. The molecule has 1 aliphatic heterocycles. The van der Waals surface area contributed by atoms with E-state index in [-0.39, 0.29) is 22.8 Å². The quantitative estimate of drug-likeness (QED) is 0.723. The second kappa shape index (κ2) is 5.20. The number of ketones is 2. The van der Waals surface area contributed by atoms with Crippen LogP contribution in [0.2, 0.25) is 0 Å². The molecule has 3 rings (SSSR count). The molecule has 0 spiro atoms. The van der Waals surface area contributed by atoms with Crippen molar-refractivity contribution in [1.82, 2.24) is 0 Å². The summed E-state index contributed by atoms with van der Waals surface area (Å²) in [5.74, 6) is -3.31. The standard InChI is InChI=1S/C16H12O7/c1-22-16-9(18)6-10-11(13(16)20)12(19)14(21)15(23-10)7-2-4-8(17)5-3-7/h2-6,15,17-18,20H,1H3. The van der Waals surface area contributed by atoms with Crippen LogP contribution in [0.15, 0.2) is 30.3 Å². The van der Waals surface area contributed by atoms with Gasteiger partial charge in [0.2, 0.25) is 17.3 Å². The largest absolute Gasteiger partial charge is 0.508 e. The molecule has 23 heavy (non-hydrogen) atoms. The third-order valence-corrected chi connectivity index (χ3v) is 3.53. The second-order valence-corrected chi connectivity index (χ2v) is 4.93. The average Bonchev–Trinajstić information content (AvgIpc) is 2.52. The van der Waals surface area contributed by atoms with Gasteiger partial charge < -0.3 is 24.8 Å². The van der Waals surface area contributed by atoms with Gasteiger partial charge in [0.05, 0.1) is 7.11 Å². The first-order valence-corrected chi connectivity index (χ1v) is 6.61. The number of aromatic hydroxyl groups is 3. The molecule has 0 radical (unpaired) electrons. The fourth-order valence-corrected chi connectivity index (χ4v) is 2.42. The Hall–Kier alpha value is -3.22. The number of Topliss-reactive ketones (excluding diaryl/α,β-unsaturated/α-hetero) is 2. The third kappa shape index (κ3) is 2.22. The van der Waals surface area contributed by atoms with Gasteiger partial charge in [0.25, 0.3) is 0 Å². The van der Waals surface area contributed by atoms with Crippen LogP contribution in [0.1, 0.15) is 22.0 Å². The van der Waals surface area contributed by atoms with Gasteiger partial charge in [-0.25, -0.2) is 0 Å². The van der Waals surface area contributed by atoms with Gasteiger partial charge in [0.1, 0.15) is 17.1 Å². The van der Waals surface area contributed by atoms with Crippen LogP contribution < -0.4 is 9.47 Å². The number of fused-ring (bicyclic) bond motifs is 1. The molecular formula is C16H12O7. The molecule has 1 atom stereocenters. The smallest absolute Gasteiger partial charge is 0.248 e. The van der Waals surface area contributed by atoms with Crippen molar-refractivity contribution in [2.24, 2.45) is 0 Å². The van der Waals surface area contributed by atoms with Crippen LogP contribution in [0.5, 0.6) is 28.7 Å². The number of rotatable bonds is 2. The summed E-state index contributed by atoms with van der Waals surface area (Å²) in [5, 5.41) is 29.1. The molecule has 0 aliphatic carbocycles. The summed E-state index contributed by atoms with van der Waals surface area (Å²) in [7, 11) is 1.20. The van der Waals surface area contributed by atoms with E-state index in [2.05, 4.69) is 0 Å². The Morgan fingerprint density at radius 3 is 2.35 bits per heavy atom. The Labute approximate surface area is 130 Å². The maximum absolute atomic E-state index is 12.3. The minimum absolute atomic E-state index is 0.00348. The number of benzene rings is 2. The van der Waals surface area contributed by atoms with Crippen molar-refractivity contribution in [2.45, 2.75) is 6.10 Å². The van der Waals surface area contributed by atoms with Gasteiger partial charge in [-0.2, -0.15) is 0 Å². The molecule has 2 aromatic carbocycles. The Balaban J connectivity index is 2.11. The van der Waals surface area contributed by atoms with E-state index in [9.17, 15) is 24.9 Å². The average molecular weight is 316 g/mol. The molecule has 2 aromatic rings. The van der Waals surface area contributed by atoms with Crippen molar-refractivity contribution >= 4 is 11.6 Å². The molecule has 1 aliphatic rings. The molecule has 0 saturated carbocycles. The molecule has 3 N–H and O–H groups in total. The first kappa shape index (κ1) is 14.7. The molecule has 0 aromatic heterocycles. The monoisotopic (exact) mass is 316 g/mol. The molecular weight excluding hydrogens is 304 g/mol. The maximum atomic E-state index is 12.3. The van der Waals surface area contributed by atoms with Gasteiger partial charge in [-0.15, -0.1) is 0 Å². The summed E-state index contributed by atoms with van der Waals surface area (Å²) >= 11 is 0.